The average Bonchev–Trinajstić information content (AvgIpc) is 2.34. The second-order valence-corrected chi connectivity index (χ2v) is 4.36. The number of anilines is 1. The summed E-state index contributed by atoms with van der Waals surface area (Å²) in [4.78, 5) is 14.0. The molecule has 1 aromatic rings. The van der Waals surface area contributed by atoms with E-state index < -0.39 is 0 Å². The Morgan fingerprint density at radius 2 is 2.19 bits per heavy atom. The Kier molecular flexibility index (Phi) is 3.60. The van der Waals surface area contributed by atoms with Crippen molar-refractivity contribution < 1.29 is 4.74 Å². The summed E-state index contributed by atoms with van der Waals surface area (Å²) >= 11 is 3.35. The summed E-state index contributed by atoms with van der Waals surface area (Å²) in [5.74, 6) is 0. The summed E-state index contributed by atoms with van der Waals surface area (Å²) in [5, 5.41) is 4.12. The van der Waals surface area contributed by atoms with Gasteiger partial charge >= 0.3 is 0 Å². The highest BCUT2D eigenvalue weighted by molar-refractivity contribution is 9.10. The van der Waals surface area contributed by atoms with Gasteiger partial charge in [0.15, 0.2) is 0 Å². The molecular weight excluding hydrogens is 274 g/mol. The first-order valence-electron chi connectivity index (χ1n) is 5.32. The zero-order valence-electron chi connectivity index (χ0n) is 9.15. The van der Waals surface area contributed by atoms with Crippen molar-refractivity contribution in [3.05, 3.63) is 21.0 Å². The maximum absolute atomic E-state index is 11.9. The number of rotatable bonds is 2. The fraction of sp³-hybridized carbons (Fsp3) is 0.600. The first-order chi connectivity index (χ1) is 7.74. The van der Waals surface area contributed by atoms with Gasteiger partial charge in [-0.1, -0.05) is 0 Å². The van der Waals surface area contributed by atoms with Gasteiger partial charge in [0.25, 0.3) is 5.56 Å². The highest BCUT2D eigenvalue weighted by atomic mass is 79.9. The lowest BCUT2D eigenvalue weighted by Gasteiger charge is -2.29. The smallest absolute Gasteiger partial charge is 0.283 e. The van der Waals surface area contributed by atoms with Gasteiger partial charge in [-0.05, 0) is 22.9 Å². The van der Waals surface area contributed by atoms with Crippen LogP contribution in [-0.2, 0) is 11.3 Å². The van der Waals surface area contributed by atoms with Crippen LogP contribution in [0.2, 0.25) is 0 Å². The number of morpholine rings is 1. The molecule has 0 aliphatic carbocycles. The molecule has 1 aromatic heterocycles. The third-order valence-electron chi connectivity index (χ3n) is 2.62. The highest BCUT2D eigenvalue weighted by Gasteiger charge is 2.16. The van der Waals surface area contributed by atoms with Crippen LogP contribution in [0.1, 0.15) is 6.92 Å². The van der Waals surface area contributed by atoms with Gasteiger partial charge in [0.1, 0.15) is 4.47 Å². The molecule has 16 heavy (non-hydrogen) atoms. The number of hydrogen-bond acceptors (Lipinski definition) is 4. The number of nitrogens with zero attached hydrogens (tertiary/aromatic N) is 3. The lowest BCUT2D eigenvalue weighted by Crippen LogP contribution is -2.38. The maximum atomic E-state index is 11.9. The number of aromatic nitrogens is 2. The van der Waals surface area contributed by atoms with E-state index in [0.717, 1.165) is 18.8 Å². The molecule has 0 atom stereocenters. The zero-order valence-corrected chi connectivity index (χ0v) is 10.7. The molecule has 0 saturated carbocycles. The molecule has 1 aliphatic heterocycles. The monoisotopic (exact) mass is 287 g/mol. The third kappa shape index (κ3) is 2.12. The summed E-state index contributed by atoms with van der Waals surface area (Å²) in [7, 11) is 0. The Morgan fingerprint density at radius 1 is 1.50 bits per heavy atom. The summed E-state index contributed by atoms with van der Waals surface area (Å²) < 4.78 is 7.30. The minimum atomic E-state index is -0.0773. The van der Waals surface area contributed by atoms with Crippen LogP contribution in [0.4, 0.5) is 5.69 Å². The minimum Gasteiger partial charge on any atom is -0.378 e. The van der Waals surface area contributed by atoms with Crippen molar-refractivity contribution in [2.45, 2.75) is 13.5 Å². The van der Waals surface area contributed by atoms with Gasteiger partial charge in [-0.2, -0.15) is 5.10 Å². The van der Waals surface area contributed by atoms with E-state index in [1.54, 1.807) is 6.20 Å². The van der Waals surface area contributed by atoms with Crippen LogP contribution in [-0.4, -0.2) is 36.1 Å². The topological polar surface area (TPSA) is 47.4 Å². The summed E-state index contributed by atoms with van der Waals surface area (Å²) in [6, 6.07) is 0. The molecule has 6 heteroatoms. The largest absolute Gasteiger partial charge is 0.378 e. The second-order valence-electron chi connectivity index (χ2n) is 3.56. The zero-order chi connectivity index (χ0) is 11.5. The van der Waals surface area contributed by atoms with E-state index in [1.807, 2.05) is 6.92 Å². The van der Waals surface area contributed by atoms with Gasteiger partial charge < -0.3 is 9.64 Å². The maximum Gasteiger partial charge on any atom is 0.283 e. The van der Waals surface area contributed by atoms with Crippen LogP contribution >= 0.6 is 15.9 Å². The molecule has 0 N–H and O–H groups in total. The molecule has 0 bridgehead atoms. The van der Waals surface area contributed by atoms with Crippen molar-refractivity contribution in [3.8, 4) is 0 Å². The molecule has 0 radical (unpaired) electrons. The lowest BCUT2D eigenvalue weighted by molar-refractivity contribution is 0.122. The number of aryl methyl sites for hydroxylation is 1. The minimum absolute atomic E-state index is 0.0773. The lowest BCUT2D eigenvalue weighted by atomic mass is 10.3. The SMILES string of the molecule is CCn1ncc(N2CCOCC2)c(Br)c1=O. The van der Waals surface area contributed by atoms with Gasteiger partial charge in [0, 0.05) is 19.6 Å². The quantitative estimate of drug-likeness (QED) is 0.810. The van der Waals surface area contributed by atoms with Crippen molar-refractivity contribution >= 4 is 21.6 Å². The van der Waals surface area contributed by atoms with Crippen molar-refractivity contribution in [1.82, 2.24) is 9.78 Å². The Labute approximate surface area is 102 Å². The second kappa shape index (κ2) is 4.97. The number of ether oxygens (including phenoxy) is 1. The fourth-order valence-electron chi connectivity index (χ4n) is 1.71. The molecule has 0 amide bonds. The number of halogens is 1. The average molecular weight is 288 g/mol. The van der Waals surface area contributed by atoms with Crippen LogP contribution in [0.3, 0.4) is 0 Å². The van der Waals surface area contributed by atoms with E-state index in [-0.39, 0.29) is 5.56 Å². The van der Waals surface area contributed by atoms with Crippen LogP contribution in [0.15, 0.2) is 15.5 Å². The van der Waals surface area contributed by atoms with Gasteiger partial charge in [0.05, 0.1) is 25.1 Å². The molecule has 1 aliphatic rings. The van der Waals surface area contributed by atoms with Gasteiger partial charge in [-0.15, -0.1) is 0 Å². The highest BCUT2D eigenvalue weighted by Crippen LogP contribution is 2.22. The van der Waals surface area contributed by atoms with Crippen molar-refractivity contribution in [3.63, 3.8) is 0 Å². The first-order valence-corrected chi connectivity index (χ1v) is 6.11. The standard InChI is InChI=1S/C10H14BrN3O2/c1-2-14-10(15)9(11)8(7-12-14)13-3-5-16-6-4-13/h7H,2-6H2,1H3. The normalized spacial score (nSPS) is 16.5. The fourth-order valence-corrected chi connectivity index (χ4v) is 2.26. The van der Waals surface area contributed by atoms with E-state index >= 15 is 0 Å². The van der Waals surface area contributed by atoms with E-state index in [2.05, 4.69) is 25.9 Å². The van der Waals surface area contributed by atoms with Gasteiger partial charge in [0.2, 0.25) is 0 Å². The molecule has 0 aromatic carbocycles. The Hall–Kier alpha value is -0.880. The number of hydrogen-bond donors (Lipinski definition) is 0. The van der Waals surface area contributed by atoms with Gasteiger partial charge in [-0.25, -0.2) is 4.68 Å². The summed E-state index contributed by atoms with van der Waals surface area (Å²) in [6.45, 7) is 5.48. The van der Waals surface area contributed by atoms with Crippen LogP contribution in [0.5, 0.6) is 0 Å². The van der Waals surface area contributed by atoms with Crippen LogP contribution in [0, 0.1) is 0 Å². The summed E-state index contributed by atoms with van der Waals surface area (Å²) in [6.07, 6.45) is 1.74. The molecular formula is C10H14BrN3O2. The van der Waals surface area contributed by atoms with E-state index in [0.29, 0.717) is 24.2 Å². The molecule has 0 unspecified atom stereocenters. The molecule has 1 fully saturated rings. The van der Waals surface area contributed by atoms with Crippen molar-refractivity contribution in [2.24, 2.45) is 0 Å². The van der Waals surface area contributed by atoms with E-state index in [9.17, 15) is 4.79 Å². The molecule has 5 nitrogen and oxygen atoms in total. The van der Waals surface area contributed by atoms with Crippen LogP contribution < -0.4 is 10.5 Å². The molecule has 2 heterocycles. The van der Waals surface area contributed by atoms with Gasteiger partial charge in [-0.3, -0.25) is 4.79 Å². The Balaban J connectivity index is 2.34. The van der Waals surface area contributed by atoms with Crippen molar-refractivity contribution in [2.75, 3.05) is 31.2 Å². The molecule has 0 spiro atoms. The first kappa shape index (κ1) is 11.6. The predicted molar refractivity (Wildman–Crippen MR) is 64.9 cm³/mol. The summed E-state index contributed by atoms with van der Waals surface area (Å²) in [5.41, 5.74) is 0.782. The van der Waals surface area contributed by atoms with E-state index in [4.69, 9.17) is 4.74 Å². The Bertz CT molecular complexity index is 427. The van der Waals surface area contributed by atoms with Crippen molar-refractivity contribution in [1.29, 1.82) is 0 Å². The molecule has 1 saturated heterocycles. The van der Waals surface area contributed by atoms with E-state index in [1.165, 1.54) is 4.68 Å². The molecule has 2 rings (SSSR count). The predicted octanol–water partition coefficient (Wildman–Crippen LogP) is 0.862. The third-order valence-corrected chi connectivity index (χ3v) is 3.36. The van der Waals surface area contributed by atoms with Crippen LogP contribution in [0.25, 0.3) is 0 Å². The molecule has 88 valence electrons. The Morgan fingerprint density at radius 3 is 2.81 bits per heavy atom.